The third-order valence-electron chi connectivity index (χ3n) is 6.69. The van der Waals surface area contributed by atoms with Crippen LogP contribution in [-0.2, 0) is 39.6 Å². The number of carbonyl (C=O) groups is 2. The summed E-state index contributed by atoms with van der Waals surface area (Å²) in [5, 5.41) is 23.2. The molecule has 15 nitrogen and oxygen atoms in total. The first-order valence-electron chi connectivity index (χ1n) is 12.6. The lowest BCUT2D eigenvalue weighted by atomic mass is 10.0. The zero-order valence-corrected chi connectivity index (χ0v) is 23.5. The summed E-state index contributed by atoms with van der Waals surface area (Å²) < 4.78 is 36.7. The van der Waals surface area contributed by atoms with E-state index in [1.54, 1.807) is 41.6 Å². The number of ether oxygens (including phenoxy) is 1. The van der Waals surface area contributed by atoms with Crippen molar-refractivity contribution < 1.29 is 27.9 Å². The summed E-state index contributed by atoms with van der Waals surface area (Å²) in [6.07, 6.45) is 3.46. The van der Waals surface area contributed by atoms with Crippen molar-refractivity contribution in [3.63, 3.8) is 0 Å². The summed E-state index contributed by atoms with van der Waals surface area (Å²) in [6.45, 7) is 3.50. The smallest absolute Gasteiger partial charge is 0.261 e. The van der Waals surface area contributed by atoms with E-state index in [2.05, 4.69) is 25.8 Å². The molecule has 0 saturated carbocycles. The molecule has 3 aromatic rings. The molecule has 1 aliphatic rings. The third-order valence-corrected chi connectivity index (χ3v) is 8.40. The minimum Gasteiger partial charge on any atom is -0.488 e. The first-order valence-corrected chi connectivity index (χ1v) is 14.1. The number of aliphatic hydroxyl groups excluding tert-OH is 1. The number of benzene rings is 1. The number of tetrazole rings is 1. The van der Waals surface area contributed by atoms with Gasteiger partial charge in [-0.1, -0.05) is 6.92 Å². The van der Waals surface area contributed by atoms with Crippen molar-refractivity contribution in [1.29, 1.82) is 0 Å². The van der Waals surface area contributed by atoms with Crippen LogP contribution in [0.4, 0.5) is 5.69 Å². The number of aliphatic hydroxyl groups is 1. The molecule has 1 aliphatic heterocycles. The van der Waals surface area contributed by atoms with Gasteiger partial charge in [0.05, 0.1) is 31.9 Å². The Balaban J connectivity index is 1.62. The standard InChI is InChI=1S/C24H33N9O6S/c1-16-9-33(17(2)13-34)24(36)8-18-7-19(27-22(35)11-32-15-26-28-29-32)5-6-20(18)39-21(16)10-31(4)40(37,38)23-12-30(3)14-25-23/h5-7,12,14-17,21,34H,8-11,13H2,1-4H3,(H,27,35)/t16-,17-,21+/m1/s1. The van der Waals surface area contributed by atoms with Crippen LogP contribution in [0.2, 0.25) is 0 Å². The highest BCUT2D eigenvalue weighted by Gasteiger charge is 2.34. The number of hydrogen-bond acceptors (Lipinski definition) is 10. The van der Waals surface area contributed by atoms with Crippen LogP contribution in [-0.4, -0.2) is 103 Å². The minimum absolute atomic E-state index is 0.0144. The SMILES string of the molecule is C[C@@H]1CN([C@H](C)CO)C(=O)Cc2cc(NC(=O)Cn3cnnn3)ccc2O[C@H]1CN(C)S(=O)(=O)c1cn(C)cn1. The molecule has 2 N–H and O–H groups in total. The fourth-order valence-electron chi connectivity index (χ4n) is 4.36. The zero-order valence-electron chi connectivity index (χ0n) is 22.7. The Morgan fingerprint density at radius 3 is 2.75 bits per heavy atom. The monoisotopic (exact) mass is 575 g/mol. The van der Waals surface area contributed by atoms with Gasteiger partial charge in [-0.3, -0.25) is 9.59 Å². The largest absolute Gasteiger partial charge is 0.488 e. The van der Waals surface area contributed by atoms with Crippen LogP contribution in [0.15, 0.2) is 42.1 Å². The molecule has 0 saturated heterocycles. The number of aromatic nitrogens is 6. The molecule has 0 spiro atoms. The van der Waals surface area contributed by atoms with Gasteiger partial charge in [0, 0.05) is 44.0 Å². The molecule has 0 aliphatic carbocycles. The van der Waals surface area contributed by atoms with Crippen LogP contribution >= 0.6 is 0 Å². The number of hydrogen-bond donors (Lipinski definition) is 2. The normalized spacial score (nSPS) is 18.9. The Kier molecular flexibility index (Phi) is 8.80. The molecule has 40 heavy (non-hydrogen) atoms. The molecule has 16 heteroatoms. The second-order valence-corrected chi connectivity index (χ2v) is 11.9. The van der Waals surface area contributed by atoms with Crippen molar-refractivity contribution in [2.45, 2.75) is 44.0 Å². The number of imidazole rings is 1. The molecule has 2 aromatic heterocycles. The van der Waals surface area contributed by atoms with Gasteiger partial charge in [0.2, 0.25) is 11.8 Å². The van der Waals surface area contributed by atoms with E-state index in [1.165, 1.54) is 34.9 Å². The molecular weight excluding hydrogens is 542 g/mol. The van der Waals surface area contributed by atoms with Gasteiger partial charge < -0.3 is 24.6 Å². The van der Waals surface area contributed by atoms with Gasteiger partial charge in [0.25, 0.3) is 10.0 Å². The predicted molar refractivity (Wildman–Crippen MR) is 141 cm³/mol. The third kappa shape index (κ3) is 6.63. The fourth-order valence-corrected chi connectivity index (χ4v) is 5.50. The second kappa shape index (κ2) is 12.1. The van der Waals surface area contributed by atoms with Gasteiger partial charge in [-0.2, -0.15) is 4.31 Å². The fraction of sp³-hybridized carbons (Fsp3) is 0.500. The van der Waals surface area contributed by atoms with Gasteiger partial charge in [-0.15, -0.1) is 5.10 Å². The van der Waals surface area contributed by atoms with Gasteiger partial charge in [0.1, 0.15) is 24.7 Å². The zero-order chi connectivity index (χ0) is 29.0. The van der Waals surface area contributed by atoms with Crippen LogP contribution in [0.3, 0.4) is 0 Å². The van der Waals surface area contributed by atoms with Crippen molar-refractivity contribution in [2.75, 3.05) is 32.1 Å². The summed E-state index contributed by atoms with van der Waals surface area (Å²) in [4.78, 5) is 31.4. The van der Waals surface area contributed by atoms with Gasteiger partial charge in [-0.25, -0.2) is 18.1 Å². The van der Waals surface area contributed by atoms with E-state index >= 15 is 0 Å². The number of fused-ring (bicyclic) bond motifs is 1. The lowest BCUT2D eigenvalue weighted by Crippen LogP contribution is -2.48. The van der Waals surface area contributed by atoms with Crippen molar-refractivity contribution in [2.24, 2.45) is 13.0 Å². The molecule has 0 bridgehead atoms. The lowest BCUT2D eigenvalue weighted by Gasteiger charge is -2.33. The Morgan fingerprint density at radius 1 is 1.32 bits per heavy atom. The van der Waals surface area contributed by atoms with Crippen molar-refractivity contribution in [3.05, 3.63) is 42.6 Å². The molecule has 0 fully saturated rings. The first-order chi connectivity index (χ1) is 19.0. The van der Waals surface area contributed by atoms with E-state index in [4.69, 9.17) is 4.74 Å². The molecule has 4 rings (SSSR count). The second-order valence-electron chi connectivity index (χ2n) is 9.93. The summed E-state index contributed by atoms with van der Waals surface area (Å²) >= 11 is 0. The topological polar surface area (TPSA) is 178 Å². The lowest BCUT2D eigenvalue weighted by molar-refractivity contribution is -0.134. The Morgan fingerprint density at radius 2 is 2.10 bits per heavy atom. The molecule has 0 unspecified atom stereocenters. The molecule has 2 amide bonds. The number of nitrogens with zero attached hydrogens (tertiary/aromatic N) is 8. The molecule has 3 heterocycles. The van der Waals surface area contributed by atoms with E-state index < -0.39 is 22.2 Å². The van der Waals surface area contributed by atoms with E-state index in [1.807, 2.05) is 6.92 Å². The molecular formula is C24H33N9O6S. The summed E-state index contributed by atoms with van der Waals surface area (Å²) in [6, 6.07) is 4.47. The maximum Gasteiger partial charge on any atom is 0.261 e. The summed E-state index contributed by atoms with van der Waals surface area (Å²) in [5.74, 6) is -0.511. The average molecular weight is 576 g/mol. The molecule has 0 radical (unpaired) electrons. The predicted octanol–water partition coefficient (Wildman–Crippen LogP) is -0.485. The average Bonchev–Trinajstić information content (AvgIpc) is 3.59. The van der Waals surface area contributed by atoms with Crippen LogP contribution in [0, 0.1) is 5.92 Å². The number of amides is 2. The van der Waals surface area contributed by atoms with Gasteiger partial charge in [-0.05, 0) is 35.5 Å². The Labute approximate surface area is 231 Å². The summed E-state index contributed by atoms with van der Waals surface area (Å²) in [7, 11) is -0.760. The summed E-state index contributed by atoms with van der Waals surface area (Å²) in [5.41, 5.74) is 0.948. The van der Waals surface area contributed by atoms with Crippen LogP contribution in [0.5, 0.6) is 5.75 Å². The van der Waals surface area contributed by atoms with Crippen molar-refractivity contribution in [1.82, 2.24) is 39.0 Å². The maximum absolute atomic E-state index is 13.4. The Bertz CT molecular complexity index is 1440. The van der Waals surface area contributed by atoms with Crippen LogP contribution in [0.1, 0.15) is 19.4 Å². The number of rotatable bonds is 9. The number of aryl methyl sites for hydroxylation is 1. The van der Waals surface area contributed by atoms with Gasteiger partial charge in [0.15, 0.2) is 5.03 Å². The molecule has 1 aromatic carbocycles. The Hall–Kier alpha value is -3.89. The quantitative estimate of drug-likeness (QED) is 0.338. The molecule has 216 valence electrons. The van der Waals surface area contributed by atoms with E-state index in [-0.39, 0.29) is 55.4 Å². The maximum atomic E-state index is 13.4. The number of sulfonamides is 1. The minimum atomic E-state index is -3.90. The van der Waals surface area contributed by atoms with Gasteiger partial charge >= 0.3 is 0 Å². The highest BCUT2D eigenvalue weighted by atomic mass is 32.2. The number of carbonyl (C=O) groups excluding carboxylic acids is 2. The van der Waals surface area contributed by atoms with Crippen LogP contribution in [0.25, 0.3) is 0 Å². The van der Waals surface area contributed by atoms with E-state index in [0.717, 1.165) is 0 Å². The number of likely N-dealkylation sites (N-methyl/N-ethyl adjacent to an activating group) is 1. The first kappa shape index (κ1) is 29.1. The van der Waals surface area contributed by atoms with Crippen LogP contribution < -0.4 is 10.1 Å². The van der Waals surface area contributed by atoms with Crippen molar-refractivity contribution in [3.8, 4) is 5.75 Å². The number of anilines is 1. The highest BCUT2D eigenvalue weighted by Crippen LogP contribution is 2.29. The van der Waals surface area contributed by atoms with E-state index in [0.29, 0.717) is 17.0 Å². The van der Waals surface area contributed by atoms with E-state index in [9.17, 15) is 23.1 Å². The number of nitrogens with one attached hydrogen (secondary N) is 1. The van der Waals surface area contributed by atoms with Crippen molar-refractivity contribution >= 4 is 27.5 Å². The highest BCUT2D eigenvalue weighted by molar-refractivity contribution is 7.89. The molecule has 3 atom stereocenters.